The third kappa shape index (κ3) is 4.26. The summed E-state index contributed by atoms with van der Waals surface area (Å²) in [5.41, 5.74) is 1.54. The number of carbonyl (C=O) groups excluding carboxylic acids is 2. The molecular weight excluding hydrogens is 306 g/mol. The van der Waals surface area contributed by atoms with Crippen LogP contribution in [0.2, 0.25) is 0 Å². The van der Waals surface area contributed by atoms with Gasteiger partial charge >= 0.3 is 5.97 Å². The Bertz CT molecular complexity index is 614. The van der Waals surface area contributed by atoms with Crippen LogP contribution >= 0.6 is 0 Å². The highest BCUT2D eigenvalue weighted by Crippen LogP contribution is 2.29. The number of quaternary nitrogens is 1. The van der Waals surface area contributed by atoms with Crippen LogP contribution in [0.15, 0.2) is 18.2 Å². The van der Waals surface area contributed by atoms with E-state index >= 15 is 0 Å². The highest BCUT2D eigenvalue weighted by Gasteiger charge is 2.25. The van der Waals surface area contributed by atoms with Crippen LogP contribution in [0.3, 0.4) is 0 Å². The number of anilines is 2. The molecule has 6 heteroatoms. The lowest BCUT2D eigenvalue weighted by atomic mass is 9.95. The molecule has 24 heavy (non-hydrogen) atoms. The second kappa shape index (κ2) is 7.21. The van der Waals surface area contributed by atoms with E-state index in [2.05, 4.69) is 17.3 Å². The van der Waals surface area contributed by atoms with Crippen molar-refractivity contribution >= 4 is 23.3 Å². The number of likely N-dealkylation sites (N-methyl/N-ethyl adjacent to an activating group) is 1. The Kier molecular flexibility index (Phi) is 5.49. The normalized spacial score (nSPS) is 16.0. The molecule has 1 aliphatic heterocycles. The average Bonchev–Trinajstić information content (AvgIpc) is 2.54. The third-order valence-corrected chi connectivity index (χ3v) is 4.30. The van der Waals surface area contributed by atoms with Gasteiger partial charge in [-0.25, -0.2) is 4.79 Å². The number of methoxy groups -OCH3 is 1. The molecule has 2 rings (SSSR count). The van der Waals surface area contributed by atoms with Crippen LogP contribution in [-0.2, 0) is 9.53 Å². The minimum Gasteiger partial charge on any atom is -0.465 e. The van der Waals surface area contributed by atoms with Crippen LogP contribution in [-0.4, -0.2) is 52.2 Å². The molecule has 1 amide bonds. The molecule has 0 atom stereocenters. The molecule has 0 bridgehead atoms. The van der Waals surface area contributed by atoms with Crippen molar-refractivity contribution < 1.29 is 19.2 Å². The smallest absolute Gasteiger partial charge is 0.337 e. The van der Waals surface area contributed by atoms with Gasteiger partial charge < -0.3 is 19.9 Å². The van der Waals surface area contributed by atoms with Crippen molar-refractivity contribution in [2.24, 2.45) is 5.41 Å². The molecule has 0 radical (unpaired) electrons. The maximum atomic E-state index is 12.4. The minimum absolute atomic E-state index is 0.0782. The predicted octanol–water partition coefficient (Wildman–Crippen LogP) is 0.793. The summed E-state index contributed by atoms with van der Waals surface area (Å²) in [5.74, 6) is -0.485. The second-order valence-electron chi connectivity index (χ2n) is 7.37. The molecule has 6 nitrogen and oxygen atoms in total. The zero-order valence-corrected chi connectivity index (χ0v) is 15.2. The van der Waals surface area contributed by atoms with Gasteiger partial charge in [-0.05, 0) is 18.2 Å². The first-order valence-electron chi connectivity index (χ1n) is 8.32. The highest BCUT2D eigenvalue weighted by atomic mass is 16.5. The van der Waals surface area contributed by atoms with E-state index in [1.54, 1.807) is 12.1 Å². The number of nitrogens with one attached hydrogen (secondary N) is 2. The summed E-state index contributed by atoms with van der Waals surface area (Å²) in [6.45, 7) is 9.53. The first kappa shape index (κ1) is 18.3. The van der Waals surface area contributed by atoms with E-state index in [4.69, 9.17) is 4.74 Å². The third-order valence-electron chi connectivity index (χ3n) is 4.30. The van der Waals surface area contributed by atoms with Gasteiger partial charge in [-0.1, -0.05) is 20.8 Å². The van der Waals surface area contributed by atoms with E-state index < -0.39 is 11.4 Å². The number of nitrogens with zero attached hydrogens (tertiary/aromatic N) is 1. The zero-order valence-electron chi connectivity index (χ0n) is 15.2. The SMILES string of the molecule is COC(=O)c1ccc(N2CC[NH+](C)CC2)c(NC(=O)C(C)(C)C)c1. The van der Waals surface area contributed by atoms with E-state index in [1.807, 2.05) is 26.8 Å². The number of rotatable bonds is 3. The van der Waals surface area contributed by atoms with Gasteiger partial charge in [0.05, 0.1) is 57.3 Å². The Morgan fingerprint density at radius 3 is 2.38 bits per heavy atom. The fourth-order valence-electron chi connectivity index (χ4n) is 2.60. The maximum Gasteiger partial charge on any atom is 0.337 e. The lowest BCUT2D eigenvalue weighted by Gasteiger charge is -2.33. The topological polar surface area (TPSA) is 63.1 Å². The second-order valence-corrected chi connectivity index (χ2v) is 7.37. The van der Waals surface area contributed by atoms with Crippen molar-refractivity contribution in [3.8, 4) is 0 Å². The minimum atomic E-state index is -0.509. The summed E-state index contributed by atoms with van der Waals surface area (Å²) < 4.78 is 4.79. The van der Waals surface area contributed by atoms with Crippen LogP contribution in [0.25, 0.3) is 0 Å². The van der Waals surface area contributed by atoms with Gasteiger partial charge in [0, 0.05) is 5.41 Å². The summed E-state index contributed by atoms with van der Waals surface area (Å²) in [6, 6.07) is 5.35. The Morgan fingerprint density at radius 1 is 1.21 bits per heavy atom. The van der Waals surface area contributed by atoms with Crippen molar-refractivity contribution in [1.29, 1.82) is 0 Å². The molecule has 1 aromatic rings. The van der Waals surface area contributed by atoms with E-state index in [0.717, 1.165) is 31.9 Å². The molecule has 1 aliphatic rings. The van der Waals surface area contributed by atoms with E-state index in [-0.39, 0.29) is 5.91 Å². The van der Waals surface area contributed by atoms with Crippen molar-refractivity contribution in [2.45, 2.75) is 20.8 Å². The van der Waals surface area contributed by atoms with Gasteiger partial charge in [0.1, 0.15) is 0 Å². The van der Waals surface area contributed by atoms with Gasteiger partial charge in [-0.15, -0.1) is 0 Å². The fourth-order valence-corrected chi connectivity index (χ4v) is 2.60. The van der Waals surface area contributed by atoms with Crippen LogP contribution in [0.1, 0.15) is 31.1 Å². The van der Waals surface area contributed by atoms with Crippen LogP contribution in [0.4, 0.5) is 11.4 Å². The number of amides is 1. The zero-order chi connectivity index (χ0) is 17.9. The van der Waals surface area contributed by atoms with Gasteiger partial charge in [-0.3, -0.25) is 4.79 Å². The quantitative estimate of drug-likeness (QED) is 0.803. The van der Waals surface area contributed by atoms with Crippen LogP contribution in [0.5, 0.6) is 0 Å². The van der Waals surface area contributed by atoms with Crippen molar-refractivity contribution in [3.63, 3.8) is 0 Å². The molecule has 2 N–H and O–H groups in total. The molecule has 0 saturated carbocycles. The Morgan fingerprint density at radius 2 is 1.83 bits per heavy atom. The lowest BCUT2D eigenvalue weighted by molar-refractivity contribution is -0.880. The van der Waals surface area contributed by atoms with E-state index in [9.17, 15) is 9.59 Å². The Balaban J connectivity index is 2.34. The van der Waals surface area contributed by atoms with Crippen LogP contribution in [0, 0.1) is 5.41 Å². The number of esters is 1. The largest absolute Gasteiger partial charge is 0.465 e. The number of benzene rings is 1. The Labute approximate surface area is 143 Å². The van der Waals surface area contributed by atoms with Crippen molar-refractivity contribution in [2.75, 3.05) is 50.6 Å². The predicted molar refractivity (Wildman–Crippen MR) is 94.7 cm³/mol. The molecule has 132 valence electrons. The molecule has 0 spiro atoms. The molecule has 0 aromatic heterocycles. The lowest BCUT2D eigenvalue weighted by Crippen LogP contribution is -3.12. The van der Waals surface area contributed by atoms with E-state index in [0.29, 0.717) is 11.3 Å². The van der Waals surface area contributed by atoms with Crippen molar-refractivity contribution in [3.05, 3.63) is 23.8 Å². The first-order valence-corrected chi connectivity index (χ1v) is 8.32. The van der Waals surface area contributed by atoms with Gasteiger partial charge in [0.2, 0.25) is 5.91 Å². The van der Waals surface area contributed by atoms with Gasteiger partial charge in [0.25, 0.3) is 0 Å². The molecule has 0 unspecified atom stereocenters. The molecule has 1 fully saturated rings. The standard InChI is InChI=1S/C18H27N3O3/c1-18(2,3)17(23)19-14-12-13(16(22)24-5)6-7-15(14)21-10-8-20(4)9-11-21/h6-7,12H,8-11H2,1-5H3,(H,19,23)/p+1. The molecular formula is C18H28N3O3+. The summed E-state index contributed by atoms with van der Waals surface area (Å²) in [4.78, 5) is 28.0. The van der Waals surface area contributed by atoms with Crippen molar-refractivity contribution in [1.82, 2.24) is 0 Å². The monoisotopic (exact) mass is 334 g/mol. The first-order chi connectivity index (χ1) is 11.2. The Hall–Kier alpha value is -2.08. The maximum absolute atomic E-state index is 12.4. The number of hydrogen-bond donors (Lipinski definition) is 2. The summed E-state index contributed by atoms with van der Waals surface area (Å²) in [5, 5.41) is 2.98. The fraction of sp³-hybridized carbons (Fsp3) is 0.556. The molecule has 1 heterocycles. The van der Waals surface area contributed by atoms with Gasteiger partial charge in [-0.2, -0.15) is 0 Å². The molecule has 1 saturated heterocycles. The summed E-state index contributed by atoms with van der Waals surface area (Å²) in [6.07, 6.45) is 0. The number of hydrogen-bond acceptors (Lipinski definition) is 4. The number of carbonyl (C=O) groups is 2. The van der Waals surface area contributed by atoms with Gasteiger partial charge in [0.15, 0.2) is 0 Å². The molecule has 0 aliphatic carbocycles. The average molecular weight is 334 g/mol. The van der Waals surface area contributed by atoms with Crippen LogP contribution < -0.4 is 15.1 Å². The molecule has 1 aromatic carbocycles. The number of piperazine rings is 1. The highest BCUT2D eigenvalue weighted by molar-refractivity contribution is 6.00. The summed E-state index contributed by atoms with van der Waals surface area (Å²) >= 11 is 0. The van der Waals surface area contributed by atoms with E-state index in [1.165, 1.54) is 12.0 Å². The number of ether oxygens (including phenoxy) is 1. The summed E-state index contributed by atoms with van der Waals surface area (Å²) in [7, 11) is 3.53.